The molecule has 1 saturated carbocycles. The van der Waals surface area contributed by atoms with Crippen molar-refractivity contribution in [2.45, 2.75) is 45.7 Å². The lowest BCUT2D eigenvalue weighted by atomic mass is 10.2. The van der Waals surface area contributed by atoms with E-state index in [1.54, 1.807) is 0 Å². The minimum atomic E-state index is 0.289. The maximum absolute atomic E-state index is 12.6. The van der Waals surface area contributed by atoms with Gasteiger partial charge in [0, 0.05) is 35.4 Å². The van der Waals surface area contributed by atoms with Gasteiger partial charge in [-0.05, 0) is 49.1 Å². The van der Waals surface area contributed by atoms with Crippen LogP contribution in [0.2, 0.25) is 0 Å². The van der Waals surface area contributed by atoms with Crippen molar-refractivity contribution in [1.82, 2.24) is 9.47 Å². The van der Waals surface area contributed by atoms with Gasteiger partial charge in [0.2, 0.25) is 5.91 Å². The highest BCUT2D eigenvalue weighted by Gasteiger charge is 2.33. The summed E-state index contributed by atoms with van der Waals surface area (Å²) in [6.07, 6.45) is 6.44. The number of benzene rings is 1. The Morgan fingerprint density at radius 2 is 2.00 bits per heavy atom. The lowest BCUT2D eigenvalue weighted by Gasteiger charge is -2.23. The minimum Gasteiger partial charge on any atom is -0.345 e. The van der Waals surface area contributed by atoms with Crippen LogP contribution < -0.4 is 0 Å². The fraction of sp³-hybridized carbons (Fsp3) is 0.450. The van der Waals surface area contributed by atoms with Crippen LogP contribution in [0.1, 0.15) is 43.9 Å². The van der Waals surface area contributed by atoms with Crippen LogP contribution in [0.5, 0.6) is 0 Å². The third kappa shape index (κ3) is 4.50. The molecule has 1 amide bonds. The second kappa shape index (κ2) is 8.02. The maximum Gasteiger partial charge on any atom is 0.226 e. The molecule has 0 radical (unpaired) electrons. The molecular weight excluding hydrogens is 364 g/mol. The van der Waals surface area contributed by atoms with Crippen LogP contribution in [0.25, 0.3) is 0 Å². The van der Waals surface area contributed by atoms with Crippen molar-refractivity contribution < 1.29 is 4.79 Å². The zero-order valence-corrected chi connectivity index (χ0v) is 15.8. The van der Waals surface area contributed by atoms with Crippen LogP contribution >= 0.6 is 15.9 Å². The number of halogens is 1. The molecule has 3 nitrogen and oxygen atoms in total. The molecule has 24 heavy (non-hydrogen) atoms. The first-order valence-corrected chi connectivity index (χ1v) is 9.64. The molecule has 0 atom stereocenters. The summed E-state index contributed by atoms with van der Waals surface area (Å²) >= 11 is 3.48. The van der Waals surface area contributed by atoms with Crippen molar-refractivity contribution in [3.63, 3.8) is 0 Å². The second-order valence-corrected chi connectivity index (χ2v) is 7.56. The quantitative estimate of drug-likeness (QED) is 0.634. The lowest BCUT2D eigenvalue weighted by molar-refractivity contribution is -0.133. The zero-order chi connectivity index (χ0) is 16.9. The SMILES string of the molecule is CCCCN(Cc1cccn1Cc1ccc(Br)cc1)C(=O)C1CC1. The first-order chi connectivity index (χ1) is 11.7. The van der Waals surface area contributed by atoms with E-state index in [0.717, 1.165) is 49.8 Å². The Morgan fingerprint density at radius 3 is 2.67 bits per heavy atom. The average molecular weight is 389 g/mol. The van der Waals surface area contributed by atoms with Gasteiger partial charge < -0.3 is 9.47 Å². The monoisotopic (exact) mass is 388 g/mol. The van der Waals surface area contributed by atoms with E-state index < -0.39 is 0 Å². The number of carbonyl (C=O) groups excluding carboxylic acids is 1. The average Bonchev–Trinajstić information content (AvgIpc) is 3.35. The van der Waals surface area contributed by atoms with Gasteiger partial charge in [-0.15, -0.1) is 0 Å². The van der Waals surface area contributed by atoms with Crippen molar-refractivity contribution in [3.05, 3.63) is 58.3 Å². The number of amides is 1. The Hall–Kier alpha value is -1.55. The van der Waals surface area contributed by atoms with Gasteiger partial charge in [0.15, 0.2) is 0 Å². The number of nitrogens with zero attached hydrogens (tertiary/aromatic N) is 2. The van der Waals surface area contributed by atoms with E-state index in [2.05, 4.69) is 74.9 Å². The maximum atomic E-state index is 12.6. The Labute approximate surface area is 152 Å². The summed E-state index contributed by atoms with van der Waals surface area (Å²) in [4.78, 5) is 14.6. The summed E-state index contributed by atoms with van der Waals surface area (Å²) in [5.74, 6) is 0.636. The molecule has 1 aliphatic carbocycles. The normalized spacial score (nSPS) is 13.9. The van der Waals surface area contributed by atoms with E-state index >= 15 is 0 Å². The number of rotatable bonds is 8. The summed E-state index contributed by atoms with van der Waals surface area (Å²) in [5, 5.41) is 0. The molecule has 0 aliphatic heterocycles. The highest BCUT2D eigenvalue weighted by atomic mass is 79.9. The molecule has 0 saturated heterocycles. The Morgan fingerprint density at radius 1 is 1.25 bits per heavy atom. The predicted octanol–water partition coefficient (Wildman–Crippen LogP) is 4.84. The molecule has 1 aliphatic rings. The minimum absolute atomic E-state index is 0.289. The highest BCUT2D eigenvalue weighted by molar-refractivity contribution is 9.10. The standard InChI is InChI=1S/C20H25BrN2O/c1-2-3-12-23(20(24)17-8-9-17)15-19-5-4-13-22(19)14-16-6-10-18(21)11-7-16/h4-7,10-11,13,17H,2-3,8-9,12,14-15H2,1H3. The van der Waals surface area contributed by atoms with E-state index in [4.69, 9.17) is 0 Å². The first kappa shape index (κ1) is 17.3. The fourth-order valence-electron chi connectivity index (χ4n) is 2.93. The molecule has 4 heteroatoms. The number of carbonyl (C=O) groups is 1. The van der Waals surface area contributed by atoms with Gasteiger partial charge in [-0.25, -0.2) is 0 Å². The molecule has 2 aromatic rings. The van der Waals surface area contributed by atoms with Crippen molar-refractivity contribution in [2.75, 3.05) is 6.54 Å². The van der Waals surface area contributed by atoms with Crippen LogP contribution in [-0.4, -0.2) is 21.9 Å². The van der Waals surface area contributed by atoms with Crippen molar-refractivity contribution in [3.8, 4) is 0 Å². The topological polar surface area (TPSA) is 25.2 Å². The Balaban J connectivity index is 1.70. The molecule has 0 N–H and O–H groups in total. The van der Waals surface area contributed by atoms with E-state index in [1.807, 2.05) is 0 Å². The summed E-state index contributed by atoms with van der Waals surface area (Å²) in [7, 11) is 0. The van der Waals surface area contributed by atoms with Crippen molar-refractivity contribution in [2.24, 2.45) is 5.92 Å². The van der Waals surface area contributed by atoms with E-state index in [0.29, 0.717) is 5.91 Å². The van der Waals surface area contributed by atoms with Crippen LogP contribution in [-0.2, 0) is 17.9 Å². The van der Waals surface area contributed by atoms with E-state index in [-0.39, 0.29) is 5.92 Å². The number of hydrogen-bond donors (Lipinski definition) is 0. The Bertz CT molecular complexity index is 673. The fourth-order valence-corrected chi connectivity index (χ4v) is 3.20. The summed E-state index contributed by atoms with van der Waals surface area (Å²) in [6, 6.07) is 12.6. The van der Waals surface area contributed by atoms with Gasteiger partial charge in [0.05, 0.1) is 6.54 Å². The van der Waals surface area contributed by atoms with E-state index in [1.165, 1.54) is 11.3 Å². The second-order valence-electron chi connectivity index (χ2n) is 6.64. The molecule has 1 heterocycles. The van der Waals surface area contributed by atoms with Gasteiger partial charge in [-0.3, -0.25) is 4.79 Å². The van der Waals surface area contributed by atoms with Crippen LogP contribution in [0.4, 0.5) is 0 Å². The third-order valence-corrected chi connectivity index (χ3v) is 5.09. The molecule has 1 fully saturated rings. The van der Waals surface area contributed by atoms with Gasteiger partial charge in [0.1, 0.15) is 0 Å². The lowest BCUT2D eigenvalue weighted by Crippen LogP contribution is -2.33. The summed E-state index contributed by atoms with van der Waals surface area (Å²) in [5.41, 5.74) is 2.48. The third-order valence-electron chi connectivity index (χ3n) is 4.56. The summed E-state index contributed by atoms with van der Waals surface area (Å²) in [6.45, 7) is 4.61. The van der Waals surface area contributed by atoms with E-state index in [9.17, 15) is 4.79 Å². The molecular formula is C20H25BrN2O. The largest absolute Gasteiger partial charge is 0.345 e. The molecule has 1 aromatic heterocycles. The molecule has 128 valence electrons. The molecule has 1 aromatic carbocycles. The molecule has 3 rings (SSSR count). The smallest absolute Gasteiger partial charge is 0.226 e. The number of unbranched alkanes of at least 4 members (excludes halogenated alkanes) is 1. The first-order valence-electron chi connectivity index (χ1n) is 8.84. The number of hydrogen-bond acceptors (Lipinski definition) is 1. The van der Waals surface area contributed by atoms with Gasteiger partial charge in [-0.1, -0.05) is 41.4 Å². The predicted molar refractivity (Wildman–Crippen MR) is 101 cm³/mol. The zero-order valence-electron chi connectivity index (χ0n) is 14.2. The van der Waals surface area contributed by atoms with Crippen molar-refractivity contribution in [1.29, 1.82) is 0 Å². The number of aromatic nitrogens is 1. The van der Waals surface area contributed by atoms with Gasteiger partial charge in [0.25, 0.3) is 0 Å². The van der Waals surface area contributed by atoms with Gasteiger partial charge >= 0.3 is 0 Å². The highest BCUT2D eigenvalue weighted by Crippen LogP contribution is 2.31. The van der Waals surface area contributed by atoms with Crippen molar-refractivity contribution >= 4 is 21.8 Å². The van der Waals surface area contributed by atoms with Crippen LogP contribution in [0.15, 0.2) is 47.1 Å². The summed E-state index contributed by atoms with van der Waals surface area (Å²) < 4.78 is 3.35. The molecule has 0 spiro atoms. The molecule has 0 unspecified atom stereocenters. The van der Waals surface area contributed by atoms with Crippen LogP contribution in [0.3, 0.4) is 0 Å². The molecule has 0 bridgehead atoms. The van der Waals surface area contributed by atoms with Gasteiger partial charge in [-0.2, -0.15) is 0 Å². The van der Waals surface area contributed by atoms with Crippen LogP contribution in [0, 0.1) is 5.92 Å². The Kier molecular flexibility index (Phi) is 5.77.